The summed E-state index contributed by atoms with van der Waals surface area (Å²) in [5, 5.41) is 9.69. The second-order valence-corrected chi connectivity index (χ2v) is 5.10. The summed E-state index contributed by atoms with van der Waals surface area (Å²) >= 11 is 0. The average molecular weight is 291 g/mol. The number of carbonyl (C=O) groups is 1. The number of aromatic amines is 1. The third-order valence-corrected chi connectivity index (χ3v) is 3.03. The zero-order valence-electron chi connectivity index (χ0n) is 12.4. The molecule has 6 heteroatoms. The standard InChI is InChI=1S/C15H21N3O3/c1-11(2)13-9-14(18-17-13)15(19)16-6-4-7-20-10-12-5-3-8-21-12/h3,5,8-9,11H,4,6-7,10H2,1-2H3,(H,16,19)(H,17,18). The molecule has 1 amide bonds. The Morgan fingerprint density at radius 1 is 1.52 bits per heavy atom. The molecule has 2 rings (SSSR count). The van der Waals surface area contributed by atoms with Crippen LogP contribution < -0.4 is 5.32 Å². The molecule has 2 aromatic heterocycles. The number of aromatic nitrogens is 2. The molecular weight excluding hydrogens is 270 g/mol. The van der Waals surface area contributed by atoms with Crippen LogP contribution >= 0.6 is 0 Å². The van der Waals surface area contributed by atoms with Crippen LogP contribution in [0.1, 0.15) is 48.1 Å². The van der Waals surface area contributed by atoms with Crippen LogP contribution in [0.25, 0.3) is 0 Å². The van der Waals surface area contributed by atoms with Gasteiger partial charge in [-0.05, 0) is 30.5 Å². The van der Waals surface area contributed by atoms with E-state index in [2.05, 4.69) is 15.5 Å². The molecule has 2 N–H and O–H groups in total. The molecule has 21 heavy (non-hydrogen) atoms. The Balaban J connectivity index is 1.60. The van der Waals surface area contributed by atoms with Crippen molar-refractivity contribution in [3.05, 3.63) is 41.6 Å². The third kappa shape index (κ3) is 4.75. The first-order valence-corrected chi connectivity index (χ1v) is 7.10. The van der Waals surface area contributed by atoms with Gasteiger partial charge in [-0.25, -0.2) is 0 Å². The first-order valence-electron chi connectivity index (χ1n) is 7.10. The van der Waals surface area contributed by atoms with Crippen molar-refractivity contribution in [2.45, 2.75) is 32.8 Å². The lowest BCUT2D eigenvalue weighted by atomic mass is 10.1. The lowest BCUT2D eigenvalue weighted by molar-refractivity contribution is 0.0913. The number of nitrogens with one attached hydrogen (secondary N) is 2. The summed E-state index contributed by atoms with van der Waals surface area (Å²) in [6.45, 7) is 5.68. The van der Waals surface area contributed by atoms with Crippen molar-refractivity contribution in [3.63, 3.8) is 0 Å². The van der Waals surface area contributed by atoms with E-state index >= 15 is 0 Å². The fourth-order valence-electron chi connectivity index (χ4n) is 1.78. The van der Waals surface area contributed by atoms with Crippen molar-refractivity contribution in [1.29, 1.82) is 0 Å². The molecule has 0 atom stereocenters. The van der Waals surface area contributed by atoms with E-state index in [0.29, 0.717) is 31.4 Å². The molecule has 0 aliphatic carbocycles. The smallest absolute Gasteiger partial charge is 0.271 e. The second-order valence-electron chi connectivity index (χ2n) is 5.10. The van der Waals surface area contributed by atoms with Crippen LogP contribution in [0, 0.1) is 0 Å². The minimum atomic E-state index is -0.163. The largest absolute Gasteiger partial charge is 0.467 e. The number of nitrogens with zero attached hydrogens (tertiary/aromatic N) is 1. The molecular formula is C15H21N3O3. The van der Waals surface area contributed by atoms with Crippen molar-refractivity contribution in [2.24, 2.45) is 0 Å². The number of rotatable bonds is 8. The maximum absolute atomic E-state index is 11.9. The summed E-state index contributed by atoms with van der Waals surface area (Å²) in [6, 6.07) is 5.48. The molecule has 0 aromatic carbocycles. The Labute approximate surface area is 123 Å². The number of hydrogen-bond donors (Lipinski definition) is 2. The van der Waals surface area contributed by atoms with Gasteiger partial charge in [0, 0.05) is 18.8 Å². The van der Waals surface area contributed by atoms with E-state index in [1.165, 1.54) is 0 Å². The highest BCUT2D eigenvalue weighted by molar-refractivity contribution is 5.92. The number of H-pyrrole nitrogens is 1. The fourth-order valence-corrected chi connectivity index (χ4v) is 1.78. The number of amides is 1. The summed E-state index contributed by atoms with van der Waals surface area (Å²) in [7, 11) is 0. The molecule has 0 aliphatic rings. The van der Waals surface area contributed by atoms with Gasteiger partial charge >= 0.3 is 0 Å². The highest BCUT2D eigenvalue weighted by Crippen LogP contribution is 2.11. The van der Waals surface area contributed by atoms with Crippen LogP contribution in [-0.4, -0.2) is 29.3 Å². The topological polar surface area (TPSA) is 80.2 Å². The van der Waals surface area contributed by atoms with Crippen LogP contribution in [0.5, 0.6) is 0 Å². The predicted molar refractivity (Wildman–Crippen MR) is 78.0 cm³/mol. The van der Waals surface area contributed by atoms with Gasteiger partial charge in [-0.3, -0.25) is 9.89 Å². The zero-order chi connectivity index (χ0) is 15.1. The van der Waals surface area contributed by atoms with Crippen LogP contribution in [-0.2, 0) is 11.3 Å². The lowest BCUT2D eigenvalue weighted by Crippen LogP contribution is -2.25. The van der Waals surface area contributed by atoms with Crippen LogP contribution in [0.2, 0.25) is 0 Å². The summed E-state index contributed by atoms with van der Waals surface area (Å²) in [6.07, 6.45) is 2.36. The molecule has 0 saturated carbocycles. The van der Waals surface area contributed by atoms with E-state index in [-0.39, 0.29) is 5.91 Å². The van der Waals surface area contributed by atoms with Gasteiger partial charge in [0.2, 0.25) is 0 Å². The van der Waals surface area contributed by atoms with Crippen molar-refractivity contribution < 1.29 is 13.9 Å². The molecule has 0 spiro atoms. The van der Waals surface area contributed by atoms with Crippen LogP contribution in [0.3, 0.4) is 0 Å². The second kappa shape index (κ2) is 7.64. The molecule has 0 saturated heterocycles. The molecule has 2 heterocycles. The summed E-state index contributed by atoms with van der Waals surface area (Å²) in [5.74, 6) is 0.968. The normalized spacial score (nSPS) is 11.0. The first kappa shape index (κ1) is 15.3. The molecule has 6 nitrogen and oxygen atoms in total. The minimum Gasteiger partial charge on any atom is -0.467 e. The average Bonchev–Trinajstić information content (AvgIpc) is 3.13. The third-order valence-electron chi connectivity index (χ3n) is 3.03. The Bertz CT molecular complexity index is 546. The Morgan fingerprint density at radius 3 is 3.05 bits per heavy atom. The highest BCUT2D eigenvalue weighted by Gasteiger charge is 2.11. The van der Waals surface area contributed by atoms with Crippen molar-refractivity contribution >= 4 is 5.91 Å². The molecule has 0 unspecified atom stereocenters. The number of ether oxygens (including phenoxy) is 1. The molecule has 0 bridgehead atoms. The molecule has 0 fully saturated rings. The fraction of sp³-hybridized carbons (Fsp3) is 0.467. The number of carbonyl (C=O) groups excluding carboxylic acids is 1. The summed E-state index contributed by atoms with van der Waals surface area (Å²) in [4.78, 5) is 11.9. The SMILES string of the molecule is CC(C)c1cc(C(=O)NCCCOCc2ccco2)n[nH]1. The molecule has 0 radical (unpaired) electrons. The number of hydrogen-bond acceptors (Lipinski definition) is 4. The highest BCUT2D eigenvalue weighted by atomic mass is 16.5. The van der Waals surface area contributed by atoms with E-state index in [4.69, 9.17) is 9.15 Å². The lowest BCUT2D eigenvalue weighted by Gasteiger charge is -2.04. The van der Waals surface area contributed by atoms with Gasteiger partial charge in [0.25, 0.3) is 5.91 Å². The van der Waals surface area contributed by atoms with E-state index < -0.39 is 0 Å². The van der Waals surface area contributed by atoms with Gasteiger partial charge in [0.05, 0.1) is 6.26 Å². The van der Waals surface area contributed by atoms with Crippen molar-refractivity contribution in [3.8, 4) is 0 Å². The predicted octanol–water partition coefficient (Wildman–Crippen LogP) is 2.46. The van der Waals surface area contributed by atoms with Gasteiger partial charge in [-0.1, -0.05) is 13.8 Å². The maximum atomic E-state index is 11.9. The first-order chi connectivity index (χ1) is 10.2. The van der Waals surface area contributed by atoms with Gasteiger partial charge in [0.1, 0.15) is 18.1 Å². The Kier molecular flexibility index (Phi) is 5.57. The van der Waals surface area contributed by atoms with Gasteiger partial charge in [-0.2, -0.15) is 5.10 Å². The summed E-state index contributed by atoms with van der Waals surface area (Å²) < 4.78 is 10.6. The van der Waals surface area contributed by atoms with Gasteiger partial charge in [-0.15, -0.1) is 0 Å². The van der Waals surface area contributed by atoms with E-state index in [1.54, 1.807) is 12.3 Å². The summed E-state index contributed by atoms with van der Waals surface area (Å²) in [5.41, 5.74) is 1.39. The van der Waals surface area contributed by atoms with Crippen molar-refractivity contribution in [1.82, 2.24) is 15.5 Å². The quantitative estimate of drug-likeness (QED) is 0.732. The monoisotopic (exact) mass is 291 g/mol. The van der Waals surface area contributed by atoms with Gasteiger partial charge in [0.15, 0.2) is 0 Å². The molecule has 0 aliphatic heterocycles. The number of furan rings is 1. The van der Waals surface area contributed by atoms with E-state index in [0.717, 1.165) is 17.9 Å². The Morgan fingerprint density at radius 2 is 2.38 bits per heavy atom. The van der Waals surface area contributed by atoms with Gasteiger partial charge < -0.3 is 14.5 Å². The van der Waals surface area contributed by atoms with E-state index in [1.807, 2.05) is 26.0 Å². The zero-order valence-corrected chi connectivity index (χ0v) is 12.4. The van der Waals surface area contributed by atoms with Crippen LogP contribution in [0.4, 0.5) is 0 Å². The Hall–Kier alpha value is -2.08. The van der Waals surface area contributed by atoms with Crippen LogP contribution in [0.15, 0.2) is 28.9 Å². The van der Waals surface area contributed by atoms with E-state index in [9.17, 15) is 4.79 Å². The molecule has 2 aromatic rings. The molecule has 114 valence electrons. The minimum absolute atomic E-state index is 0.163. The van der Waals surface area contributed by atoms with Crippen molar-refractivity contribution in [2.75, 3.05) is 13.2 Å². The maximum Gasteiger partial charge on any atom is 0.271 e.